The number of hydrogen-bond donors (Lipinski definition) is 2. The zero-order valence-electron chi connectivity index (χ0n) is 23.4. The zero-order valence-corrected chi connectivity index (χ0v) is 23.4. The quantitative estimate of drug-likeness (QED) is 0.278. The zero-order chi connectivity index (χ0) is 28.2. The molecule has 0 aliphatic carbocycles. The van der Waals surface area contributed by atoms with Crippen molar-refractivity contribution in [2.24, 2.45) is 0 Å². The number of carbonyl (C=O) groups excluding carboxylic acids is 1. The molecule has 10 nitrogen and oxygen atoms in total. The van der Waals surface area contributed by atoms with Gasteiger partial charge in [-0.15, -0.1) is 0 Å². The fourth-order valence-corrected chi connectivity index (χ4v) is 4.83. The molecule has 0 radical (unpaired) electrons. The van der Waals surface area contributed by atoms with Crippen molar-refractivity contribution in [2.45, 2.75) is 13.0 Å². The van der Waals surface area contributed by atoms with E-state index in [1.54, 1.807) is 13.3 Å². The average molecular weight is 542 g/mol. The lowest BCUT2D eigenvalue weighted by atomic mass is 10.1. The van der Waals surface area contributed by atoms with Crippen LogP contribution < -0.4 is 25.0 Å². The maximum atomic E-state index is 12.3. The molecular weight excluding hydrogens is 506 g/mol. The summed E-state index contributed by atoms with van der Waals surface area (Å²) in [6.45, 7) is 6.82. The number of rotatable bonds is 10. The van der Waals surface area contributed by atoms with Gasteiger partial charge in [-0.05, 0) is 56.9 Å². The molecule has 2 N–H and O–H groups in total. The van der Waals surface area contributed by atoms with E-state index in [2.05, 4.69) is 48.8 Å². The van der Waals surface area contributed by atoms with Gasteiger partial charge in [0.1, 0.15) is 11.5 Å². The highest BCUT2D eigenvalue weighted by Crippen LogP contribution is 2.39. The number of carbonyl (C=O) groups is 1. The third kappa shape index (κ3) is 5.57. The number of aromatic nitrogens is 3. The van der Waals surface area contributed by atoms with Crippen molar-refractivity contribution in [2.75, 3.05) is 63.5 Å². The molecule has 0 fully saturated rings. The summed E-state index contributed by atoms with van der Waals surface area (Å²) in [5, 5.41) is 7.31. The van der Waals surface area contributed by atoms with Crippen molar-refractivity contribution in [3.8, 4) is 22.8 Å². The van der Waals surface area contributed by atoms with Crippen molar-refractivity contribution in [3.63, 3.8) is 0 Å². The van der Waals surface area contributed by atoms with Crippen LogP contribution in [-0.4, -0.2) is 73.3 Å². The van der Waals surface area contributed by atoms with Gasteiger partial charge < -0.3 is 34.5 Å². The van der Waals surface area contributed by atoms with Gasteiger partial charge in [-0.1, -0.05) is 6.58 Å². The number of nitrogens with one attached hydrogen (secondary N) is 2. The van der Waals surface area contributed by atoms with Crippen LogP contribution >= 0.6 is 0 Å². The fourth-order valence-electron chi connectivity index (χ4n) is 4.83. The van der Waals surface area contributed by atoms with E-state index < -0.39 is 0 Å². The summed E-state index contributed by atoms with van der Waals surface area (Å²) in [5.74, 6) is 1.59. The van der Waals surface area contributed by atoms with Gasteiger partial charge in [0.15, 0.2) is 0 Å². The first-order valence-electron chi connectivity index (χ1n) is 13.2. The van der Waals surface area contributed by atoms with Crippen LogP contribution in [0, 0.1) is 0 Å². The predicted molar refractivity (Wildman–Crippen MR) is 160 cm³/mol. The molecule has 40 heavy (non-hydrogen) atoms. The SMILES string of the molecule is C=CC(=O)Nc1cc(Nc2nccc(-c3ccc4c5c3ccn5CCCO4)n2)c(OC)cc1N(C)CCN(C)C. The molecule has 1 aliphatic rings. The molecule has 1 amide bonds. The largest absolute Gasteiger partial charge is 0.494 e. The van der Waals surface area contributed by atoms with Crippen LogP contribution in [0.3, 0.4) is 0 Å². The average Bonchev–Trinajstić information content (AvgIpc) is 3.27. The van der Waals surface area contributed by atoms with Gasteiger partial charge in [0, 0.05) is 56.1 Å². The minimum absolute atomic E-state index is 0.302. The Labute approximate surface area is 234 Å². The molecular formula is C30H35N7O3. The smallest absolute Gasteiger partial charge is 0.247 e. The molecule has 1 aliphatic heterocycles. The number of methoxy groups -OCH3 is 1. The molecule has 0 atom stereocenters. The molecule has 10 heteroatoms. The van der Waals surface area contributed by atoms with Crippen LogP contribution in [0.15, 0.2) is 61.4 Å². The maximum Gasteiger partial charge on any atom is 0.247 e. The van der Waals surface area contributed by atoms with E-state index >= 15 is 0 Å². The normalized spacial score (nSPS) is 12.5. The van der Waals surface area contributed by atoms with Gasteiger partial charge in [0.25, 0.3) is 0 Å². The predicted octanol–water partition coefficient (Wildman–Crippen LogP) is 4.76. The second-order valence-corrected chi connectivity index (χ2v) is 9.96. The van der Waals surface area contributed by atoms with E-state index in [-0.39, 0.29) is 5.91 Å². The Balaban J connectivity index is 1.50. The molecule has 0 spiro atoms. The minimum Gasteiger partial charge on any atom is -0.494 e. The Morgan fingerprint density at radius 3 is 2.80 bits per heavy atom. The number of anilines is 4. The molecule has 5 rings (SSSR count). The van der Waals surface area contributed by atoms with Crippen LogP contribution in [0.1, 0.15) is 6.42 Å². The molecule has 0 bridgehead atoms. The fraction of sp³-hybridized carbons (Fsp3) is 0.300. The Bertz CT molecular complexity index is 1550. The summed E-state index contributed by atoms with van der Waals surface area (Å²) in [6, 6.07) is 11.8. The van der Waals surface area contributed by atoms with E-state index in [9.17, 15) is 4.79 Å². The Morgan fingerprint density at radius 1 is 1.18 bits per heavy atom. The number of ether oxygens (including phenoxy) is 2. The van der Waals surface area contributed by atoms with Gasteiger partial charge >= 0.3 is 0 Å². The summed E-state index contributed by atoms with van der Waals surface area (Å²) in [7, 11) is 7.64. The molecule has 4 aromatic rings. The van der Waals surface area contributed by atoms with Crippen molar-refractivity contribution < 1.29 is 14.3 Å². The van der Waals surface area contributed by atoms with Gasteiger partial charge in [0.2, 0.25) is 11.9 Å². The highest BCUT2D eigenvalue weighted by Gasteiger charge is 2.19. The highest BCUT2D eigenvalue weighted by atomic mass is 16.5. The third-order valence-electron chi connectivity index (χ3n) is 6.92. The second-order valence-electron chi connectivity index (χ2n) is 9.96. The summed E-state index contributed by atoms with van der Waals surface area (Å²) in [5.41, 5.74) is 4.92. The highest BCUT2D eigenvalue weighted by molar-refractivity contribution is 6.02. The van der Waals surface area contributed by atoms with Gasteiger partial charge in [-0.25, -0.2) is 9.97 Å². The molecule has 2 aromatic heterocycles. The summed E-state index contributed by atoms with van der Waals surface area (Å²) >= 11 is 0. The number of nitrogens with zero attached hydrogens (tertiary/aromatic N) is 5. The number of hydrogen-bond acceptors (Lipinski definition) is 8. The second kappa shape index (κ2) is 11.7. The Kier molecular flexibility index (Phi) is 7.88. The Morgan fingerprint density at radius 2 is 2.02 bits per heavy atom. The van der Waals surface area contributed by atoms with Crippen molar-refractivity contribution in [1.29, 1.82) is 0 Å². The molecule has 3 heterocycles. The van der Waals surface area contributed by atoms with E-state index in [1.165, 1.54) is 6.08 Å². The number of likely N-dealkylation sites (N-methyl/N-ethyl adjacent to an activating group) is 2. The van der Waals surface area contributed by atoms with E-state index in [0.717, 1.165) is 59.7 Å². The van der Waals surface area contributed by atoms with Crippen LogP contribution in [0.2, 0.25) is 0 Å². The first-order valence-corrected chi connectivity index (χ1v) is 13.2. The summed E-state index contributed by atoms with van der Waals surface area (Å²) < 4.78 is 13.9. The van der Waals surface area contributed by atoms with Crippen LogP contribution in [0.5, 0.6) is 11.5 Å². The van der Waals surface area contributed by atoms with Crippen LogP contribution in [0.25, 0.3) is 22.2 Å². The van der Waals surface area contributed by atoms with Crippen molar-refractivity contribution in [3.05, 3.63) is 61.4 Å². The maximum absolute atomic E-state index is 12.3. The minimum atomic E-state index is -0.302. The lowest BCUT2D eigenvalue weighted by molar-refractivity contribution is -0.111. The lowest BCUT2D eigenvalue weighted by Crippen LogP contribution is -2.29. The molecule has 2 aromatic carbocycles. The van der Waals surface area contributed by atoms with Crippen molar-refractivity contribution >= 4 is 39.8 Å². The monoisotopic (exact) mass is 541 g/mol. The molecule has 208 valence electrons. The first-order chi connectivity index (χ1) is 19.4. The standard InChI is InChI=1S/C30H35N7O3/c1-6-28(38)32-23-18-24(27(39-5)19-25(23)36(4)16-15-35(2)3)34-30-31-12-10-22(33-30)20-8-9-26-29-21(20)11-14-37(29)13-7-17-40-26/h6,8-12,14,18-19H,1,7,13,15-17H2,2-5H3,(H,32,38)(H,31,33,34). The lowest BCUT2D eigenvalue weighted by Gasteiger charge is -2.26. The third-order valence-corrected chi connectivity index (χ3v) is 6.92. The molecule has 0 saturated heterocycles. The number of aryl methyl sites for hydroxylation is 1. The van der Waals surface area contributed by atoms with Gasteiger partial charge in [-0.2, -0.15) is 0 Å². The van der Waals surface area contributed by atoms with Gasteiger partial charge in [-0.3, -0.25) is 4.79 Å². The number of amides is 1. The summed E-state index contributed by atoms with van der Waals surface area (Å²) in [6.07, 6.45) is 6.05. The summed E-state index contributed by atoms with van der Waals surface area (Å²) in [4.78, 5) is 25.8. The van der Waals surface area contributed by atoms with Crippen LogP contribution in [-0.2, 0) is 11.3 Å². The number of benzene rings is 2. The van der Waals surface area contributed by atoms with Gasteiger partial charge in [0.05, 0.1) is 42.0 Å². The van der Waals surface area contributed by atoms with E-state index in [4.69, 9.17) is 14.5 Å². The molecule has 0 unspecified atom stereocenters. The first kappa shape index (κ1) is 27.0. The van der Waals surface area contributed by atoms with E-state index in [0.29, 0.717) is 29.7 Å². The Hall–Kier alpha value is -4.57. The molecule has 0 saturated carbocycles. The van der Waals surface area contributed by atoms with Crippen molar-refractivity contribution in [1.82, 2.24) is 19.4 Å². The van der Waals surface area contributed by atoms with E-state index in [1.807, 2.05) is 51.5 Å². The van der Waals surface area contributed by atoms with Crippen LogP contribution in [0.4, 0.5) is 23.0 Å². The topological polar surface area (TPSA) is 96.8 Å².